The number of carbonyl (C=O) groups is 1. The molecule has 7 nitrogen and oxygen atoms in total. The van der Waals surface area contributed by atoms with Crippen LogP contribution in [-0.4, -0.2) is 38.1 Å². The number of aromatic nitrogens is 4. The lowest BCUT2D eigenvalue weighted by Crippen LogP contribution is -2.33. The number of hydrogen-bond donors (Lipinski definition) is 1. The molecular weight excluding hydrogens is 318 g/mol. The first-order valence-electron chi connectivity index (χ1n) is 8.08. The van der Waals surface area contributed by atoms with Gasteiger partial charge in [-0.15, -0.1) is 5.10 Å². The molecule has 0 aliphatic rings. The van der Waals surface area contributed by atoms with Gasteiger partial charge in [-0.25, -0.2) is 4.68 Å². The molecule has 130 valence electrons. The Bertz CT molecular complexity index is 855. The van der Waals surface area contributed by atoms with Crippen molar-refractivity contribution in [3.8, 4) is 0 Å². The first-order valence-corrected chi connectivity index (χ1v) is 8.08. The number of nitrogens with zero attached hydrogens (tertiary/aromatic N) is 4. The lowest BCUT2D eigenvalue weighted by Gasteiger charge is -2.24. The predicted molar refractivity (Wildman–Crippen MR) is 95.1 cm³/mol. The summed E-state index contributed by atoms with van der Waals surface area (Å²) in [7, 11) is 0. The van der Waals surface area contributed by atoms with Crippen LogP contribution in [0.4, 0.5) is 5.69 Å². The molecule has 7 heteroatoms. The number of nitrogens with one attached hydrogen (secondary N) is 1. The van der Waals surface area contributed by atoms with Gasteiger partial charge < -0.3 is 10.1 Å². The number of hydrogen-bond acceptors (Lipinski definition) is 5. The number of benzene rings is 1. The van der Waals surface area contributed by atoms with Crippen LogP contribution in [0.1, 0.15) is 26.8 Å². The van der Waals surface area contributed by atoms with Crippen molar-refractivity contribution in [3.05, 3.63) is 48.9 Å². The van der Waals surface area contributed by atoms with Crippen LogP contribution in [0.2, 0.25) is 0 Å². The van der Waals surface area contributed by atoms with Crippen molar-refractivity contribution in [3.63, 3.8) is 0 Å². The molecule has 0 aliphatic heterocycles. The highest BCUT2D eigenvalue weighted by atomic mass is 16.5. The third-order valence-electron chi connectivity index (χ3n) is 3.60. The van der Waals surface area contributed by atoms with Gasteiger partial charge in [0.15, 0.2) is 6.04 Å². The van der Waals surface area contributed by atoms with E-state index in [0.29, 0.717) is 5.69 Å². The zero-order chi connectivity index (χ0) is 17.9. The van der Waals surface area contributed by atoms with Gasteiger partial charge in [0.1, 0.15) is 0 Å². The van der Waals surface area contributed by atoms with E-state index >= 15 is 0 Å². The van der Waals surface area contributed by atoms with Gasteiger partial charge in [-0.3, -0.25) is 9.78 Å². The lowest BCUT2D eigenvalue weighted by molar-refractivity contribution is -0.123. The summed E-state index contributed by atoms with van der Waals surface area (Å²) in [5, 5.41) is 11.6. The van der Waals surface area contributed by atoms with E-state index in [0.717, 1.165) is 10.9 Å². The molecule has 0 aliphatic carbocycles. The second-order valence-corrected chi connectivity index (χ2v) is 6.73. The van der Waals surface area contributed by atoms with Crippen molar-refractivity contribution in [1.82, 2.24) is 20.0 Å². The minimum atomic E-state index is -0.617. The molecule has 1 amide bonds. The molecule has 0 saturated heterocycles. The molecule has 3 rings (SSSR count). The van der Waals surface area contributed by atoms with E-state index in [1.54, 1.807) is 12.4 Å². The number of ether oxygens (including phenoxy) is 1. The summed E-state index contributed by atoms with van der Waals surface area (Å²) in [5.41, 5.74) is 1.15. The van der Waals surface area contributed by atoms with Crippen LogP contribution in [0.5, 0.6) is 0 Å². The van der Waals surface area contributed by atoms with Gasteiger partial charge in [0.25, 0.3) is 5.91 Å². The maximum Gasteiger partial charge on any atom is 0.251 e. The van der Waals surface area contributed by atoms with Crippen LogP contribution in [0.3, 0.4) is 0 Å². The number of anilines is 1. The summed E-state index contributed by atoms with van der Waals surface area (Å²) in [6.07, 6.45) is 4.83. The maximum atomic E-state index is 12.8. The van der Waals surface area contributed by atoms with Gasteiger partial charge in [-0.05, 0) is 32.9 Å². The largest absolute Gasteiger partial charge is 0.373 e. The van der Waals surface area contributed by atoms with Gasteiger partial charge in [0.2, 0.25) is 0 Å². The number of para-hydroxylation sites is 1. The van der Waals surface area contributed by atoms with Gasteiger partial charge in [-0.1, -0.05) is 23.4 Å². The van der Waals surface area contributed by atoms with Crippen molar-refractivity contribution in [1.29, 1.82) is 0 Å². The van der Waals surface area contributed by atoms with E-state index in [9.17, 15) is 4.79 Å². The Morgan fingerprint density at radius 2 is 2.12 bits per heavy atom. The van der Waals surface area contributed by atoms with E-state index in [1.807, 2.05) is 51.1 Å². The van der Waals surface area contributed by atoms with Crippen molar-refractivity contribution in [2.45, 2.75) is 32.4 Å². The molecule has 0 saturated carbocycles. The van der Waals surface area contributed by atoms with E-state index in [4.69, 9.17) is 4.74 Å². The van der Waals surface area contributed by atoms with Gasteiger partial charge in [-0.2, -0.15) is 0 Å². The normalized spacial score (nSPS) is 12.9. The second kappa shape index (κ2) is 6.98. The van der Waals surface area contributed by atoms with E-state index in [1.165, 1.54) is 10.9 Å². The summed E-state index contributed by atoms with van der Waals surface area (Å²) < 4.78 is 7.27. The molecule has 0 bridgehead atoms. The Morgan fingerprint density at radius 3 is 2.84 bits per heavy atom. The minimum absolute atomic E-state index is 0.194. The summed E-state index contributed by atoms with van der Waals surface area (Å²) in [6, 6.07) is 9.02. The van der Waals surface area contributed by atoms with Gasteiger partial charge >= 0.3 is 0 Å². The minimum Gasteiger partial charge on any atom is -0.373 e. The Morgan fingerprint density at radius 1 is 1.32 bits per heavy atom. The molecule has 1 atom stereocenters. The Balaban J connectivity index is 1.79. The molecule has 3 aromatic rings. The fourth-order valence-corrected chi connectivity index (χ4v) is 2.35. The van der Waals surface area contributed by atoms with E-state index in [2.05, 4.69) is 20.6 Å². The Kier molecular flexibility index (Phi) is 4.76. The highest BCUT2D eigenvalue weighted by Gasteiger charge is 2.24. The van der Waals surface area contributed by atoms with Crippen molar-refractivity contribution < 1.29 is 9.53 Å². The number of amides is 1. The molecular formula is C18H21N5O2. The first kappa shape index (κ1) is 17.0. The Labute approximate surface area is 146 Å². The monoisotopic (exact) mass is 339 g/mol. The van der Waals surface area contributed by atoms with Crippen molar-refractivity contribution in [2.24, 2.45) is 0 Å². The predicted octanol–water partition coefficient (Wildman–Crippen LogP) is 2.82. The molecule has 25 heavy (non-hydrogen) atoms. The first-order chi connectivity index (χ1) is 11.9. The van der Waals surface area contributed by atoms with Crippen molar-refractivity contribution >= 4 is 22.5 Å². The van der Waals surface area contributed by atoms with Crippen LogP contribution in [0.25, 0.3) is 10.9 Å². The van der Waals surface area contributed by atoms with Crippen LogP contribution in [0, 0.1) is 0 Å². The highest BCUT2D eigenvalue weighted by Crippen LogP contribution is 2.19. The fourth-order valence-electron chi connectivity index (χ4n) is 2.35. The SMILES string of the molecule is CC(C)(C)OCC(C(=O)Nc1cnc2ccccc2c1)n1ccnn1. The lowest BCUT2D eigenvalue weighted by atomic mass is 10.2. The van der Waals surface area contributed by atoms with Crippen molar-refractivity contribution in [2.75, 3.05) is 11.9 Å². The molecule has 0 spiro atoms. The van der Waals surface area contributed by atoms with Gasteiger partial charge in [0.05, 0.1) is 35.8 Å². The average molecular weight is 339 g/mol. The molecule has 1 aromatic carbocycles. The molecule has 1 unspecified atom stereocenters. The molecule has 0 fully saturated rings. The summed E-state index contributed by atoms with van der Waals surface area (Å²) in [4.78, 5) is 17.1. The average Bonchev–Trinajstić information content (AvgIpc) is 3.08. The number of rotatable bonds is 5. The molecule has 0 radical (unpaired) electrons. The van der Waals surface area contributed by atoms with E-state index in [-0.39, 0.29) is 18.1 Å². The zero-order valence-corrected chi connectivity index (χ0v) is 14.5. The number of fused-ring (bicyclic) bond motifs is 1. The second-order valence-electron chi connectivity index (χ2n) is 6.73. The number of carbonyl (C=O) groups excluding carboxylic acids is 1. The third kappa shape index (κ3) is 4.39. The Hall–Kier alpha value is -2.80. The van der Waals surface area contributed by atoms with Crippen LogP contribution in [-0.2, 0) is 9.53 Å². The quantitative estimate of drug-likeness (QED) is 0.773. The summed E-state index contributed by atoms with van der Waals surface area (Å²) >= 11 is 0. The van der Waals surface area contributed by atoms with E-state index < -0.39 is 6.04 Å². The summed E-state index contributed by atoms with van der Waals surface area (Å²) in [6.45, 7) is 6.02. The molecule has 2 aromatic heterocycles. The standard InChI is InChI=1S/C18H21N5O2/c1-18(2,3)25-12-16(23-9-8-20-22-23)17(24)21-14-10-13-6-4-5-7-15(13)19-11-14/h4-11,16H,12H2,1-3H3,(H,21,24). The zero-order valence-electron chi connectivity index (χ0n) is 14.5. The third-order valence-corrected chi connectivity index (χ3v) is 3.60. The highest BCUT2D eigenvalue weighted by molar-refractivity contribution is 5.95. The smallest absolute Gasteiger partial charge is 0.251 e. The molecule has 1 N–H and O–H groups in total. The van der Waals surface area contributed by atoms with Crippen LogP contribution >= 0.6 is 0 Å². The van der Waals surface area contributed by atoms with Crippen LogP contribution in [0.15, 0.2) is 48.9 Å². The summed E-state index contributed by atoms with van der Waals surface area (Å²) in [5.74, 6) is -0.230. The topological polar surface area (TPSA) is 81.9 Å². The number of pyridine rings is 1. The molecule has 2 heterocycles. The van der Waals surface area contributed by atoms with Gasteiger partial charge in [0, 0.05) is 11.6 Å². The fraction of sp³-hybridized carbons (Fsp3) is 0.333. The van der Waals surface area contributed by atoms with Crippen LogP contribution < -0.4 is 5.32 Å². The maximum absolute atomic E-state index is 12.8.